The molecule has 6 aromatic rings. The smallest absolute Gasteiger partial charge is 0.296 e. The highest BCUT2D eigenvalue weighted by Gasteiger charge is 2.34. The summed E-state index contributed by atoms with van der Waals surface area (Å²) in [6, 6.07) is 12.4. The Kier molecular flexibility index (Phi) is 7.23. The van der Waals surface area contributed by atoms with Crippen LogP contribution in [0.15, 0.2) is 55.0 Å². The molecule has 0 radical (unpaired) electrons. The molecule has 2 aliphatic rings. The third kappa shape index (κ3) is 5.62. The van der Waals surface area contributed by atoms with Crippen LogP contribution >= 0.6 is 0 Å². The molecule has 4 aromatic heterocycles. The Morgan fingerprint density at radius 2 is 1.53 bits per heavy atom. The number of rotatable bonds is 8. The molecule has 2 atom stereocenters. The van der Waals surface area contributed by atoms with Crippen LogP contribution in [0.3, 0.4) is 0 Å². The van der Waals surface area contributed by atoms with Crippen molar-refractivity contribution in [1.29, 1.82) is 0 Å². The fraction of sp³-hybridized carbons (Fsp3) is 0.300. The zero-order valence-electron chi connectivity index (χ0n) is 25.0. The summed E-state index contributed by atoms with van der Waals surface area (Å²) in [6.07, 6.45) is 7.99. The number of benzene rings is 2. The first-order valence-electron chi connectivity index (χ1n) is 15.3. The molecule has 2 saturated heterocycles. The van der Waals surface area contributed by atoms with Gasteiger partial charge in [-0.05, 0) is 64.1 Å². The van der Waals surface area contributed by atoms with Crippen molar-refractivity contribution in [3.63, 3.8) is 0 Å². The third-order valence-electron chi connectivity index (χ3n) is 8.76. The molecule has 0 unspecified atom stereocenters. The van der Waals surface area contributed by atoms with Gasteiger partial charge in [0.05, 0.1) is 17.9 Å². The van der Waals surface area contributed by atoms with Crippen molar-refractivity contribution in [2.75, 3.05) is 31.5 Å². The minimum Gasteiger partial charge on any atom is -0.354 e. The van der Waals surface area contributed by atoms with Crippen LogP contribution in [0.1, 0.15) is 52.4 Å². The van der Waals surface area contributed by atoms with Crippen molar-refractivity contribution >= 4 is 28.5 Å². The first kappa shape index (κ1) is 28.4. The van der Waals surface area contributed by atoms with Gasteiger partial charge in [0.25, 0.3) is 23.5 Å². The number of hydrogen-bond acceptors (Lipinski definition) is 12. The number of carbonyl (C=O) groups is 2. The second-order valence-electron chi connectivity index (χ2n) is 11.7. The fourth-order valence-electron chi connectivity index (χ4n) is 6.30. The Balaban J connectivity index is 0.905. The van der Waals surface area contributed by atoms with E-state index in [9.17, 15) is 9.59 Å². The Bertz CT molecular complexity index is 2020. The van der Waals surface area contributed by atoms with E-state index < -0.39 is 0 Å². The van der Waals surface area contributed by atoms with Crippen molar-refractivity contribution in [3.05, 3.63) is 72.5 Å². The molecule has 0 bridgehead atoms. The number of aromatic nitrogens is 12. The van der Waals surface area contributed by atoms with Crippen LogP contribution in [-0.2, 0) is 0 Å². The normalized spacial score (nSPS) is 17.9. The van der Waals surface area contributed by atoms with Gasteiger partial charge in [-0.2, -0.15) is 10.4 Å². The highest BCUT2D eigenvalue weighted by molar-refractivity contribution is 5.92. The van der Waals surface area contributed by atoms with Crippen LogP contribution in [-0.4, -0.2) is 109 Å². The number of anilines is 1. The Labute approximate surface area is 266 Å². The van der Waals surface area contributed by atoms with E-state index in [4.69, 9.17) is 0 Å². The highest BCUT2D eigenvalue weighted by atomic mass is 16.2. The first-order chi connectivity index (χ1) is 23.1. The van der Waals surface area contributed by atoms with Gasteiger partial charge in [-0.3, -0.25) is 9.59 Å². The lowest BCUT2D eigenvalue weighted by atomic mass is 10.0. The molecule has 0 spiro atoms. The van der Waals surface area contributed by atoms with E-state index in [1.165, 1.54) is 0 Å². The van der Waals surface area contributed by atoms with E-state index in [0.29, 0.717) is 32.1 Å². The SMILES string of the molecule is O=C(c1nn[nH]n1)N1CC[C@H](CNc2ncc(-c3ccc4cc(-c5cnc([C@@H]6CCCN6C(=O)c6nn[nH]n6)[nH]5)ccc4c3)cn2)C1. The van der Waals surface area contributed by atoms with Gasteiger partial charge in [0.15, 0.2) is 0 Å². The monoisotopic (exact) mass is 631 g/mol. The van der Waals surface area contributed by atoms with Gasteiger partial charge >= 0.3 is 0 Å². The summed E-state index contributed by atoms with van der Waals surface area (Å²) < 4.78 is 0. The van der Waals surface area contributed by atoms with Crippen LogP contribution in [0.2, 0.25) is 0 Å². The molecule has 0 aliphatic carbocycles. The Hall–Kier alpha value is -6.13. The molecule has 47 heavy (non-hydrogen) atoms. The molecule has 6 heterocycles. The lowest BCUT2D eigenvalue weighted by molar-refractivity contribution is 0.0717. The van der Waals surface area contributed by atoms with Crippen LogP contribution < -0.4 is 5.32 Å². The maximum atomic E-state index is 12.9. The van der Waals surface area contributed by atoms with Crippen molar-refractivity contribution in [3.8, 4) is 22.4 Å². The number of H-pyrrole nitrogens is 3. The zero-order chi connectivity index (χ0) is 31.7. The van der Waals surface area contributed by atoms with Crippen molar-refractivity contribution < 1.29 is 9.59 Å². The van der Waals surface area contributed by atoms with Gasteiger partial charge in [0.2, 0.25) is 5.95 Å². The van der Waals surface area contributed by atoms with Gasteiger partial charge < -0.3 is 20.1 Å². The molecule has 4 N–H and O–H groups in total. The van der Waals surface area contributed by atoms with E-state index in [1.54, 1.807) is 9.80 Å². The maximum absolute atomic E-state index is 12.9. The molecule has 8 rings (SSSR count). The number of tetrazole rings is 2. The lowest BCUT2D eigenvalue weighted by Crippen LogP contribution is -2.32. The van der Waals surface area contributed by atoms with Crippen molar-refractivity contribution in [2.45, 2.75) is 25.3 Å². The largest absolute Gasteiger partial charge is 0.354 e. The highest BCUT2D eigenvalue weighted by Crippen LogP contribution is 2.33. The van der Waals surface area contributed by atoms with Gasteiger partial charge in [-0.15, -0.1) is 20.4 Å². The van der Waals surface area contributed by atoms with Crippen LogP contribution in [0.4, 0.5) is 5.95 Å². The molecular formula is C30H29N15O2. The van der Waals surface area contributed by atoms with E-state index in [1.807, 2.05) is 18.6 Å². The molecule has 236 valence electrons. The third-order valence-corrected chi connectivity index (χ3v) is 8.76. The average molecular weight is 632 g/mol. The number of hydrogen-bond donors (Lipinski definition) is 4. The maximum Gasteiger partial charge on any atom is 0.296 e. The second kappa shape index (κ2) is 12.0. The lowest BCUT2D eigenvalue weighted by Gasteiger charge is -2.21. The summed E-state index contributed by atoms with van der Waals surface area (Å²) in [5, 5.41) is 32.3. The van der Waals surface area contributed by atoms with Gasteiger partial charge in [0.1, 0.15) is 5.82 Å². The summed E-state index contributed by atoms with van der Waals surface area (Å²) in [7, 11) is 0. The number of fused-ring (bicyclic) bond motifs is 1. The molecule has 0 saturated carbocycles. The molecule has 2 fully saturated rings. The predicted molar refractivity (Wildman–Crippen MR) is 166 cm³/mol. The standard InChI is InChI=1S/C30H29N15O2/c46-28(26-36-40-41-37-26)44-9-7-17(16-44)12-32-30-33-13-22(14-34-30)20-4-3-19-11-21(6-5-18(19)10-20)23-15-31-25(35-23)24-2-1-8-45(24)29(47)27-38-42-43-39-27/h3-6,10-11,13-15,17,24H,1-2,7-9,12,16H2,(H,31,35)(H,32,33,34)(H,36,37,40,41)(H,38,39,42,43)/t17-,24+/m1/s1. The zero-order valence-corrected chi connectivity index (χ0v) is 25.0. The molecule has 2 aromatic carbocycles. The number of imidazole rings is 1. The van der Waals surface area contributed by atoms with E-state index in [0.717, 1.165) is 58.2 Å². The Morgan fingerprint density at radius 3 is 2.28 bits per heavy atom. The van der Waals surface area contributed by atoms with Crippen LogP contribution in [0.5, 0.6) is 0 Å². The topological polar surface area (TPSA) is 216 Å². The van der Waals surface area contributed by atoms with Crippen LogP contribution in [0.25, 0.3) is 33.2 Å². The molecular weight excluding hydrogens is 602 g/mol. The van der Waals surface area contributed by atoms with Crippen molar-refractivity contribution in [2.24, 2.45) is 5.92 Å². The average Bonchev–Trinajstić information content (AvgIpc) is 3.96. The van der Waals surface area contributed by atoms with E-state index in [-0.39, 0.29) is 35.4 Å². The summed E-state index contributed by atoms with van der Waals surface area (Å²) in [5.74, 6) is 1.23. The van der Waals surface area contributed by atoms with Gasteiger partial charge in [0, 0.05) is 49.7 Å². The quantitative estimate of drug-likeness (QED) is 0.190. The van der Waals surface area contributed by atoms with E-state index >= 15 is 0 Å². The minimum atomic E-state index is -0.259. The van der Waals surface area contributed by atoms with Crippen LogP contribution in [0, 0.1) is 5.92 Å². The van der Waals surface area contributed by atoms with Crippen molar-refractivity contribution in [1.82, 2.24) is 71.0 Å². The number of carbonyl (C=O) groups excluding carboxylic acids is 2. The first-order valence-corrected chi connectivity index (χ1v) is 15.3. The number of nitrogens with one attached hydrogen (secondary N) is 4. The molecule has 2 amide bonds. The number of nitrogens with zero attached hydrogens (tertiary/aromatic N) is 11. The Morgan fingerprint density at radius 1 is 0.809 bits per heavy atom. The van der Waals surface area contributed by atoms with Gasteiger partial charge in [-0.1, -0.05) is 24.3 Å². The fourth-order valence-corrected chi connectivity index (χ4v) is 6.30. The molecule has 17 nitrogen and oxygen atoms in total. The predicted octanol–water partition coefficient (Wildman–Crippen LogP) is 2.26. The van der Waals surface area contributed by atoms with E-state index in [2.05, 4.69) is 103 Å². The molecule has 17 heteroatoms. The summed E-state index contributed by atoms with van der Waals surface area (Å²) in [5.41, 5.74) is 3.81. The molecule has 2 aliphatic heterocycles. The number of likely N-dealkylation sites (tertiary alicyclic amines) is 2. The minimum absolute atomic E-state index is 0.0573. The number of aromatic amines is 3. The number of amides is 2. The summed E-state index contributed by atoms with van der Waals surface area (Å²) >= 11 is 0. The summed E-state index contributed by atoms with van der Waals surface area (Å²) in [6.45, 7) is 2.53. The summed E-state index contributed by atoms with van der Waals surface area (Å²) in [4.78, 5) is 45.9. The second-order valence-corrected chi connectivity index (χ2v) is 11.7. The van der Waals surface area contributed by atoms with Gasteiger partial charge in [-0.25, -0.2) is 15.0 Å².